The van der Waals surface area contributed by atoms with Crippen LogP contribution in [0, 0.1) is 6.92 Å². The van der Waals surface area contributed by atoms with Crippen molar-refractivity contribution >= 4 is 23.7 Å². The minimum Gasteiger partial charge on any atom is -0.336 e. The van der Waals surface area contributed by atoms with E-state index in [2.05, 4.69) is 20.5 Å². The van der Waals surface area contributed by atoms with Gasteiger partial charge in [0, 0.05) is 31.0 Å². The molecule has 1 aliphatic heterocycles. The molecular formula is C20H20N6O2S. The third-order valence-corrected chi connectivity index (χ3v) is 5.69. The number of imide groups is 1. The lowest BCUT2D eigenvalue weighted by Crippen LogP contribution is -2.39. The Morgan fingerprint density at radius 2 is 2.03 bits per heavy atom. The van der Waals surface area contributed by atoms with Crippen LogP contribution in [0.3, 0.4) is 0 Å². The average molecular weight is 408 g/mol. The summed E-state index contributed by atoms with van der Waals surface area (Å²) < 4.78 is 1.94. The first-order valence-corrected chi connectivity index (χ1v) is 10.1. The maximum atomic E-state index is 12.7. The zero-order chi connectivity index (χ0) is 20.4. The van der Waals surface area contributed by atoms with Crippen molar-refractivity contribution in [2.24, 2.45) is 0 Å². The van der Waals surface area contributed by atoms with Gasteiger partial charge in [-0.25, -0.2) is 4.79 Å². The van der Waals surface area contributed by atoms with E-state index in [0.717, 1.165) is 16.8 Å². The number of amides is 3. The number of carbonyl (C=O) groups is 2. The molecule has 3 amide bonds. The number of para-hydroxylation sites is 1. The number of rotatable bonds is 5. The minimum absolute atomic E-state index is 0.243. The highest BCUT2D eigenvalue weighted by Crippen LogP contribution is 2.31. The molecule has 3 aromatic rings. The van der Waals surface area contributed by atoms with Crippen molar-refractivity contribution in [3.8, 4) is 17.1 Å². The van der Waals surface area contributed by atoms with E-state index in [0.29, 0.717) is 24.1 Å². The zero-order valence-corrected chi connectivity index (χ0v) is 16.9. The Hall–Kier alpha value is -3.20. The molecular weight excluding hydrogens is 388 g/mol. The van der Waals surface area contributed by atoms with Gasteiger partial charge < -0.3 is 5.32 Å². The van der Waals surface area contributed by atoms with Gasteiger partial charge in [0.1, 0.15) is 0 Å². The largest absolute Gasteiger partial charge is 0.336 e. The molecule has 3 heterocycles. The fourth-order valence-corrected chi connectivity index (χ4v) is 4.09. The molecule has 2 aromatic heterocycles. The molecule has 8 nitrogen and oxygen atoms in total. The van der Waals surface area contributed by atoms with Crippen molar-refractivity contribution in [3.63, 3.8) is 0 Å². The van der Waals surface area contributed by atoms with Gasteiger partial charge in [0.15, 0.2) is 11.0 Å². The molecule has 1 saturated heterocycles. The maximum absolute atomic E-state index is 12.7. The zero-order valence-electron chi connectivity index (χ0n) is 16.1. The van der Waals surface area contributed by atoms with Crippen LogP contribution in [0.1, 0.15) is 12.5 Å². The fourth-order valence-electron chi connectivity index (χ4n) is 3.17. The second-order valence-electron chi connectivity index (χ2n) is 6.65. The summed E-state index contributed by atoms with van der Waals surface area (Å²) in [7, 11) is 0. The predicted octanol–water partition coefficient (Wildman–Crippen LogP) is 2.67. The number of pyridine rings is 1. The Labute approximate surface area is 172 Å². The predicted molar refractivity (Wildman–Crippen MR) is 110 cm³/mol. The minimum atomic E-state index is -0.493. The monoisotopic (exact) mass is 408 g/mol. The number of hydrogen-bond donors (Lipinski definition) is 1. The Morgan fingerprint density at radius 3 is 2.72 bits per heavy atom. The molecule has 1 unspecified atom stereocenters. The summed E-state index contributed by atoms with van der Waals surface area (Å²) in [6.07, 6.45) is 3.44. The van der Waals surface area contributed by atoms with Crippen LogP contribution in [0.15, 0.2) is 53.9 Å². The van der Waals surface area contributed by atoms with Crippen molar-refractivity contribution in [1.29, 1.82) is 0 Å². The first kappa shape index (κ1) is 19.1. The molecule has 148 valence electrons. The summed E-state index contributed by atoms with van der Waals surface area (Å²) in [5, 5.41) is 11.5. The lowest BCUT2D eigenvalue weighted by molar-refractivity contribution is -0.126. The quantitative estimate of drug-likeness (QED) is 0.653. The van der Waals surface area contributed by atoms with E-state index >= 15 is 0 Å². The van der Waals surface area contributed by atoms with E-state index in [4.69, 9.17) is 0 Å². The van der Waals surface area contributed by atoms with Crippen LogP contribution in [0.5, 0.6) is 0 Å². The summed E-state index contributed by atoms with van der Waals surface area (Å²) >= 11 is 1.28. The van der Waals surface area contributed by atoms with E-state index in [-0.39, 0.29) is 11.9 Å². The number of benzene rings is 1. The lowest BCUT2D eigenvalue weighted by atomic mass is 10.2. The summed E-state index contributed by atoms with van der Waals surface area (Å²) in [5.41, 5.74) is 2.81. The number of nitrogens with one attached hydrogen (secondary N) is 1. The molecule has 0 spiro atoms. The van der Waals surface area contributed by atoms with Crippen molar-refractivity contribution in [3.05, 3.63) is 54.4 Å². The Balaban J connectivity index is 1.72. The van der Waals surface area contributed by atoms with E-state index in [1.807, 2.05) is 47.9 Å². The van der Waals surface area contributed by atoms with E-state index in [1.165, 1.54) is 16.7 Å². The van der Waals surface area contributed by atoms with Gasteiger partial charge >= 0.3 is 6.03 Å². The number of aromatic nitrogens is 4. The molecule has 0 bridgehead atoms. The van der Waals surface area contributed by atoms with Gasteiger partial charge in [-0.05, 0) is 37.6 Å². The molecule has 1 fully saturated rings. The normalized spacial score (nSPS) is 14.7. The van der Waals surface area contributed by atoms with Gasteiger partial charge in [0.05, 0.1) is 10.9 Å². The third-order valence-electron chi connectivity index (χ3n) is 4.66. The van der Waals surface area contributed by atoms with Crippen molar-refractivity contribution in [1.82, 2.24) is 30.0 Å². The van der Waals surface area contributed by atoms with Gasteiger partial charge in [-0.1, -0.05) is 30.0 Å². The Morgan fingerprint density at radius 1 is 1.21 bits per heavy atom. The van der Waals surface area contributed by atoms with Crippen LogP contribution in [0.4, 0.5) is 4.79 Å². The summed E-state index contributed by atoms with van der Waals surface area (Å²) in [6.45, 7) is 4.65. The molecule has 29 heavy (non-hydrogen) atoms. The maximum Gasteiger partial charge on any atom is 0.324 e. The van der Waals surface area contributed by atoms with Gasteiger partial charge in [-0.15, -0.1) is 10.2 Å². The number of hydrogen-bond acceptors (Lipinski definition) is 6. The van der Waals surface area contributed by atoms with Crippen LogP contribution >= 0.6 is 11.8 Å². The van der Waals surface area contributed by atoms with E-state index in [9.17, 15) is 9.59 Å². The summed E-state index contributed by atoms with van der Waals surface area (Å²) in [4.78, 5) is 30.0. The Kier molecular flexibility index (Phi) is 5.30. The number of urea groups is 1. The van der Waals surface area contributed by atoms with Gasteiger partial charge in [-0.2, -0.15) is 0 Å². The standard InChI is InChI=1S/C20H20N6O2S/c1-13-6-3-4-8-16(13)26-17(15-7-5-9-21-12-15)23-24-20(26)29-14(2)18(27)25-11-10-22-19(25)28/h3-9,12,14H,10-11H2,1-2H3,(H,22,28). The first-order valence-electron chi connectivity index (χ1n) is 9.24. The van der Waals surface area contributed by atoms with Crippen LogP contribution in [-0.2, 0) is 4.79 Å². The van der Waals surface area contributed by atoms with E-state index in [1.54, 1.807) is 19.3 Å². The van der Waals surface area contributed by atoms with Crippen LogP contribution in [0.2, 0.25) is 0 Å². The molecule has 0 saturated carbocycles. The molecule has 4 rings (SSSR count). The summed E-state index contributed by atoms with van der Waals surface area (Å²) in [5.74, 6) is 0.403. The highest BCUT2D eigenvalue weighted by atomic mass is 32.2. The van der Waals surface area contributed by atoms with Gasteiger partial charge in [0.2, 0.25) is 5.91 Å². The highest BCUT2D eigenvalue weighted by molar-refractivity contribution is 8.00. The topological polar surface area (TPSA) is 93.0 Å². The SMILES string of the molecule is Cc1ccccc1-n1c(SC(C)C(=O)N2CCNC2=O)nnc1-c1cccnc1. The number of nitrogens with zero attached hydrogens (tertiary/aromatic N) is 5. The second kappa shape index (κ2) is 8.04. The third kappa shape index (κ3) is 3.73. The second-order valence-corrected chi connectivity index (χ2v) is 7.96. The molecule has 1 atom stereocenters. The number of thioether (sulfide) groups is 1. The average Bonchev–Trinajstić information content (AvgIpc) is 3.34. The van der Waals surface area contributed by atoms with Crippen molar-refractivity contribution < 1.29 is 9.59 Å². The van der Waals surface area contributed by atoms with Gasteiger partial charge in [-0.3, -0.25) is 19.2 Å². The molecule has 0 radical (unpaired) electrons. The number of aryl methyl sites for hydroxylation is 1. The molecule has 1 aromatic carbocycles. The Bertz CT molecular complexity index is 1050. The fraction of sp³-hybridized carbons (Fsp3) is 0.250. The smallest absolute Gasteiger partial charge is 0.324 e. The summed E-state index contributed by atoms with van der Waals surface area (Å²) in [6, 6.07) is 11.3. The molecule has 0 aliphatic carbocycles. The number of carbonyl (C=O) groups excluding carboxylic acids is 2. The lowest BCUT2D eigenvalue weighted by Gasteiger charge is -2.18. The van der Waals surface area contributed by atoms with Crippen molar-refractivity contribution in [2.45, 2.75) is 24.3 Å². The van der Waals surface area contributed by atoms with Gasteiger partial charge in [0.25, 0.3) is 0 Å². The van der Waals surface area contributed by atoms with Crippen LogP contribution in [-0.4, -0.2) is 54.9 Å². The van der Waals surface area contributed by atoms with Crippen LogP contribution in [0.25, 0.3) is 17.1 Å². The molecule has 1 aliphatic rings. The first-order chi connectivity index (χ1) is 14.1. The highest BCUT2D eigenvalue weighted by Gasteiger charge is 2.31. The molecule has 1 N–H and O–H groups in total. The molecule has 9 heteroatoms. The van der Waals surface area contributed by atoms with Crippen molar-refractivity contribution in [2.75, 3.05) is 13.1 Å². The van der Waals surface area contributed by atoms with Crippen LogP contribution < -0.4 is 5.32 Å². The van der Waals surface area contributed by atoms with E-state index < -0.39 is 5.25 Å².